The van der Waals surface area contributed by atoms with E-state index in [0.29, 0.717) is 17.7 Å². The molecule has 3 N–H and O–H groups in total. The standard InChI is InChI=1S/C24H26N2O6/c1-3-11-24(23(30)31)19-18(20(25-24)16-12-15(32-2)9-10-17(16)27)21(28)26(22(19)29)13-14-7-5-4-6-8-14/h4-10,12,18-20,25,27H,3,11,13H2,1-2H3,(H,30,31)/t18-,19+,20-,24+/m1/s1. The molecule has 0 aliphatic carbocycles. The van der Waals surface area contributed by atoms with Gasteiger partial charge in [-0.15, -0.1) is 0 Å². The summed E-state index contributed by atoms with van der Waals surface area (Å²) in [5, 5.41) is 23.9. The topological polar surface area (TPSA) is 116 Å². The lowest BCUT2D eigenvalue weighted by Crippen LogP contribution is -2.55. The molecule has 0 spiro atoms. The lowest BCUT2D eigenvalue weighted by Gasteiger charge is -2.31. The van der Waals surface area contributed by atoms with Gasteiger partial charge in [0.05, 0.1) is 25.5 Å². The number of fused-ring (bicyclic) bond motifs is 1. The molecule has 4 rings (SSSR count). The smallest absolute Gasteiger partial charge is 0.324 e. The molecule has 2 aliphatic rings. The van der Waals surface area contributed by atoms with E-state index in [4.69, 9.17) is 4.74 Å². The number of phenols is 1. The normalized spacial score (nSPS) is 26.9. The van der Waals surface area contributed by atoms with Crippen LogP contribution in [0.15, 0.2) is 48.5 Å². The summed E-state index contributed by atoms with van der Waals surface area (Å²) < 4.78 is 5.26. The zero-order chi connectivity index (χ0) is 23.0. The molecule has 0 bridgehead atoms. The van der Waals surface area contributed by atoms with Gasteiger partial charge >= 0.3 is 5.97 Å². The van der Waals surface area contributed by atoms with Crippen molar-refractivity contribution < 1.29 is 29.3 Å². The highest BCUT2D eigenvalue weighted by molar-refractivity contribution is 6.09. The summed E-state index contributed by atoms with van der Waals surface area (Å²) in [5.41, 5.74) is -0.502. The van der Waals surface area contributed by atoms with E-state index < -0.39 is 41.2 Å². The molecule has 2 heterocycles. The van der Waals surface area contributed by atoms with Crippen LogP contribution in [-0.4, -0.2) is 45.5 Å². The lowest BCUT2D eigenvalue weighted by atomic mass is 9.77. The lowest BCUT2D eigenvalue weighted by molar-refractivity contribution is -0.152. The number of imide groups is 1. The average molecular weight is 438 g/mol. The summed E-state index contributed by atoms with van der Waals surface area (Å²) in [7, 11) is 1.48. The Morgan fingerprint density at radius 3 is 2.50 bits per heavy atom. The van der Waals surface area contributed by atoms with Crippen LogP contribution in [0.5, 0.6) is 11.5 Å². The minimum Gasteiger partial charge on any atom is -0.508 e. The van der Waals surface area contributed by atoms with Gasteiger partial charge in [-0.25, -0.2) is 0 Å². The fourth-order valence-electron chi connectivity index (χ4n) is 5.09. The highest BCUT2D eigenvalue weighted by Crippen LogP contribution is 2.52. The molecule has 168 valence electrons. The second-order valence-electron chi connectivity index (χ2n) is 8.32. The van der Waals surface area contributed by atoms with Crippen LogP contribution in [-0.2, 0) is 20.9 Å². The summed E-state index contributed by atoms with van der Waals surface area (Å²) in [4.78, 5) is 40.7. The van der Waals surface area contributed by atoms with E-state index >= 15 is 0 Å². The van der Waals surface area contributed by atoms with E-state index in [1.165, 1.54) is 13.2 Å². The second kappa shape index (κ2) is 8.27. The van der Waals surface area contributed by atoms with Crippen LogP contribution >= 0.6 is 0 Å². The van der Waals surface area contributed by atoms with Crippen molar-refractivity contribution in [3.63, 3.8) is 0 Å². The Labute approximate surface area is 185 Å². The molecule has 0 unspecified atom stereocenters. The Morgan fingerprint density at radius 1 is 1.16 bits per heavy atom. The van der Waals surface area contributed by atoms with Gasteiger partial charge in [0.25, 0.3) is 0 Å². The van der Waals surface area contributed by atoms with Gasteiger partial charge < -0.3 is 14.9 Å². The number of phenolic OH excluding ortho intramolecular Hbond substituents is 1. The highest BCUT2D eigenvalue weighted by Gasteiger charge is 2.68. The number of nitrogens with zero attached hydrogens (tertiary/aromatic N) is 1. The first kappa shape index (κ1) is 21.8. The first-order chi connectivity index (χ1) is 15.3. The second-order valence-corrected chi connectivity index (χ2v) is 8.32. The van der Waals surface area contributed by atoms with Crippen LogP contribution in [0, 0.1) is 11.8 Å². The maximum absolute atomic E-state index is 13.5. The zero-order valence-electron chi connectivity index (χ0n) is 17.9. The maximum atomic E-state index is 13.5. The summed E-state index contributed by atoms with van der Waals surface area (Å²) in [6.45, 7) is 1.91. The van der Waals surface area contributed by atoms with E-state index in [0.717, 1.165) is 10.5 Å². The molecule has 32 heavy (non-hydrogen) atoms. The number of likely N-dealkylation sites (tertiary alicyclic amines) is 1. The molecule has 2 aliphatic heterocycles. The number of benzene rings is 2. The molecule has 2 aromatic rings. The van der Waals surface area contributed by atoms with Crippen LogP contribution in [0.3, 0.4) is 0 Å². The van der Waals surface area contributed by atoms with E-state index in [1.54, 1.807) is 12.1 Å². The van der Waals surface area contributed by atoms with E-state index in [2.05, 4.69) is 5.32 Å². The number of aliphatic carboxylic acids is 1. The van der Waals surface area contributed by atoms with Gasteiger partial charge in [-0.3, -0.25) is 24.6 Å². The van der Waals surface area contributed by atoms with Gasteiger partial charge in [-0.2, -0.15) is 0 Å². The van der Waals surface area contributed by atoms with Crippen LogP contribution in [0.4, 0.5) is 0 Å². The number of carbonyl (C=O) groups excluding carboxylic acids is 2. The number of ether oxygens (including phenoxy) is 1. The molecule has 2 amide bonds. The highest BCUT2D eigenvalue weighted by atomic mass is 16.5. The minimum atomic E-state index is -1.61. The van der Waals surface area contributed by atoms with Gasteiger partial charge in [-0.05, 0) is 30.2 Å². The third kappa shape index (κ3) is 3.31. The summed E-state index contributed by atoms with van der Waals surface area (Å²) in [6, 6.07) is 12.8. The molecule has 0 saturated carbocycles. The number of hydrogen-bond acceptors (Lipinski definition) is 6. The molecule has 8 nitrogen and oxygen atoms in total. The molecule has 4 atom stereocenters. The SMILES string of the molecule is CCC[C@]1(C(=O)O)N[C@H](c2cc(OC)ccc2O)[C@@H]2C(=O)N(Cc3ccccc3)C(=O)[C@H]21. The predicted octanol–water partition coefficient (Wildman–Crippen LogP) is 2.47. The number of carboxylic acid groups (broad SMARTS) is 1. The number of amides is 2. The molecular weight excluding hydrogens is 412 g/mol. The summed E-state index contributed by atoms with van der Waals surface area (Å²) in [6.07, 6.45) is 0.669. The van der Waals surface area contributed by atoms with Crippen LogP contribution in [0.25, 0.3) is 0 Å². The van der Waals surface area contributed by atoms with Crippen LogP contribution in [0.1, 0.15) is 36.9 Å². The van der Waals surface area contributed by atoms with Crippen molar-refractivity contribution >= 4 is 17.8 Å². The van der Waals surface area contributed by atoms with E-state index in [1.807, 2.05) is 37.3 Å². The van der Waals surface area contributed by atoms with Gasteiger partial charge in [-0.1, -0.05) is 43.7 Å². The zero-order valence-corrected chi connectivity index (χ0v) is 17.9. The molecule has 2 aromatic carbocycles. The molecule has 2 saturated heterocycles. The monoisotopic (exact) mass is 438 g/mol. The van der Waals surface area contributed by atoms with Crippen molar-refractivity contribution in [1.82, 2.24) is 10.2 Å². The fourth-order valence-corrected chi connectivity index (χ4v) is 5.09. The van der Waals surface area contributed by atoms with Crippen molar-refractivity contribution in [3.8, 4) is 11.5 Å². The number of aromatic hydroxyl groups is 1. The number of methoxy groups -OCH3 is 1. The number of hydrogen-bond donors (Lipinski definition) is 3. The van der Waals surface area contributed by atoms with Gasteiger partial charge in [0.1, 0.15) is 17.0 Å². The average Bonchev–Trinajstić information content (AvgIpc) is 3.25. The number of rotatable bonds is 7. The summed E-state index contributed by atoms with van der Waals surface area (Å²) >= 11 is 0. The van der Waals surface area contributed by atoms with Crippen molar-refractivity contribution in [2.75, 3.05) is 7.11 Å². The van der Waals surface area contributed by atoms with E-state index in [-0.39, 0.29) is 18.7 Å². The largest absolute Gasteiger partial charge is 0.508 e. The Balaban J connectivity index is 1.82. The predicted molar refractivity (Wildman–Crippen MR) is 115 cm³/mol. The maximum Gasteiger partial charge on any atom is 0.324 e. The quantitative estimate of drug-likeness (QED) is 0.569. The first-order valence-corrected chi connectivity index (χ1v) is 10.6. The number of carbonyl (C=O) groups is 3. The van der Waals surface area contributed by atoms with Crippen LogP contribution in [0.2, 0.25) is 0 Å². The summed E-state index contributed by atoms with van der Waals surface area (Å²) in [5.74, 6) is -3.79. The Kier molecular flexibility index (Phi) is 5.64. The number of carboxylic acids is 1. The van der Waals surface area contributed by atoms with E-state index in [9.17, 15) is 24.6 Å². The third-order valence-electron chi connectivity index (χ3n) is 6.52. The third-order valence-corrected chi connectivity index (χ3v) is 6.52. The minimum absolute atomic E-state index is 0.0736. The van der Waals surface area contributed by atoms with Gasteiger partial charge in [0.15, 0.2) is 0 Å². The van der Waals surface area contributed by atoms with Crippen LogP contribution < -0.4 is 10.1 Å². The number of nitrogens with one attached hydrogen (secondary N) is 1. The Morgan fingerprint density at radius 2 is 1.88 bits per heavy atom. The fraction of sp³-hybridized carbons (Fsp3) is 0.375. The van der Waals surface area contributed by atoms with Crippen molar-refractivity contribution in [2.45, 2.75) is 37.9 Å². The molecule has 8 heteroatoms. The van der Waals surface area contributed by atoms with Crippen molar-refractivity contribution in [3.05, 3.63) is 59.7 Å². The van der Waals surface area contributed by atoms with Crippen molar-refractivity contribution in [1.29, 1.82) is 0 Å². The Bertz CT molecular complexity index is 1060. The molecular formula is C24H26N2O6. The van der Waals surface area contributed by atoms with Crippen molar-refractivity contribution in [2.24, 2.45) is 11.8 Å². The first-order valence-electron chi connectivity index (χ1n) is 10.6. The molecule has 0 aromatic heterocycles. The molecule has 0 radical (unpaired) electrons. The van der Waals surface area contributed by atoms with Gasteiger partial charge in [0.2, 0.25) is 11.8 Å². The molecule has 2 fully saturated rings. The van der Waals surface area contributed by atoms with Gasteiger partial charge in [0, 0.05) is 11.6 Å². The Hall–Kier alpha value is -3.39.